The van der Waals surface area contributed by atoms with Gasteiger partial charge in [0.05, 0.1) is 0 Å². The van der Waals surface area contributed by atoms with E-state index in [2.05, 4.69) is 50.7 Å². The predicted molar refractivity (Wildman–Crippen MR) is 133 cm³/mol. The van der Waals surface area contributed by atoms with Crippen LogP contribution in [0.15, 0.2) is 59.6 Å². The zero-order valence-corrected chi connectivity index (χ0v) is 19.6. The second-order valence-corrected chi connectivity index (χ2v) is 9.69. The van der Waals surface area contributed by atoms with Crippen LogP contribution in [0.2, 0.25) is 5.02 Å². The number of fused-ring (bicyclic) bond motifs is 1. The summed E-state index contributed by atoms with van der Waals surface area (Å²) >= 11 is 12.3. The van der Waals surface area contributed by atoms with Crippen molar-refractivity contribution in [1.29, 1.82) is 0 Å². The highest BCUT2D eigenvalue weighted by molar-refractivity contribution is 7.99. The van der Waals surface area contributed by atoms with Gasteiger partial charge in [0.1, 0.15) is 6.23 Å². The van der Waals surface area contributed by atoms with Crippen molar-refractivity contribution in [3.05, 3.63) is 65.3 Å². The third-order valence-corrected chi connectivity index (χ3v) is 7.23. The first-order valence-corrected chi connectivity index (χ1v) is 12.1. The van der Waals surface area contributed by atoms with Gasteiger partial charge in [0.2, 0.25) is 0 Å². The minimum Gasteiger partial charge on any atom is -0.378 e. The summed E-state index contributed by atoms with van der Waals surface area (Å²) < 4.78 is 5.09. The Morgan fingerprint density at radius 3 is 2.65 bits per heavy atom. The summed E-state index contributed by atoms with van der Waals surface area (Å²) in [5.74, 6) is 0.532. The molecule has 8 heteroatoms. The Kier molecular flexibility index (Phi) is 7.40. The molecule has 1 aromatic heterocycles. The minimum atomic E-state index is -0.421. The van der Waals surface area contributed by atoms with Crippen molar-refractivity contribution in [2.24, 2.45) is 5.73 Å². The number of thiocarbonyl (C=S) groups is 1. The molecule has 4 rings (SSSR count). The van der Waals surface area contributed by atoms with Gasteiger partial charge in [0, 0.05) is 53.1 Å². The van der Waals surface area contributed by atoms with Gasteiger partial charge in [0.15, 0.2) is 5.11 Å². The number of aliphatic hydroxyl groups is 1. The topological polar surface area (TPSA) is 66.4 Å². The van der Waals surface area contributed by atoms with Gasteiger partial charge >= 0.3 is 0 Å². The van der Waals surface area contributed by atoms with Gasteiger partial charge in [-0.3, -0.25) is 4.90 Å². The maximum atomic E-state index is 10.7. The highest BCUT2D eigenvalue weighted by Gasteiger charge is 2.24. The first-order chi connectivity index (χ1) is 15.0. The predicted octanol–water partition coefficient (Wildman–Crippen LogP) is 4.72. The number of nitrogens with one attached hydrogen (secondary N) is 1. The molecule has 4 N–H and O–H groups in total. The van der Waals surface area contributed by atoms with E-state index in [0.717, 1.165) is 53.3 Å². The molecule has 31 heavy (non-hydrogen) atoms. The van der Waals surface area contributed by atoms with E-state index in [1.54, 1.807) is 0 Å². The third kappa shape index (κ3) is 5.73. The molecule has 1 aliphatic heterocycles. The second-order valence-electron chi connectivity index (χ2n) is 7.93. The SMILES string of the molecule is NC(=S)NSc1ccc(C2CCN(C(O)CCn3ccc4cc(Cl)ccc43)CC2)cc1. The zero-order chi connectivity index (χ0) is 21.8. The van der Waals surface area contributed by atoms with E-state index in [4.69, 9.17) is 29.6 Å². The lowest BCUT2D eigenvalue weighted by molar-refractivity contribution is -0.0188. The van der Waals surface area contributed by atoms with Crippen molar-refractivity contribution < 1.29 is 5.11 Å². The van der Waals surface area contributed by atoms with Crippen molar-refractivity contribution >= 4 is 51.8 Å². The lowest BCUT2D eigenvalue weighted by Gasteiger charge is -2.35. The maximum absolute atomic E-state index is 10.7. The van der Waals surface area contributed by atoms with Crippen molar-refractivity contribution in [2.45, 2.75) is 42.8 Å². The largest absolute Gasteiger partial charge is 0.378 e. The van der Waals surface area contributed by atoms with Crippen LogP contribution in [-0.2, 0) is 6.54 Å². The summed E-state index contributed by atoms with van der Waals surface area (Å²) in [7, 11) is 0. The van der Waals surface area contributed by atoms with E-state index in [1.807, 2.05) is 18.2 Å². The number of nitrogens with two attached hydrogens (primary N) is 1. The Balaban J connectivity index is 1.26. The highest BCUT2D eigenvalue weighted by Crippen LogP contribution is 2.30. The van der Waals surface area contributed by atoms with Crippen LogP contribution >= 0.6 is 35.8 Å². The molecule has 164 valence electrons. The third-order valence-electron chi connectivity index (χ3n) is 5.93. The summed E-state index contributed by atoms with van der Waals surface area (Å²) in [5.41, 5.74) is 7.98. The van der Waals surface area contributed by atoms with Crippen LogP contribution in [0, 0.1) is 0 Å². The Hall–Kier alpha value is -1.77. The van der Waals surface area contributed by atoms with Gasteiger partial charge in [-0.1, -0.05) is 23.7 Å². The first-order valence-electron chi connectivity index (χ1n) is 10.5. The van der Waals surface area contributed by atoms with E-state index < -0.39 is 6.23 Å². The van der Waals surface area contributed by atoms with Gasteiger partial charge in [-0.25, -0.2) is 0 Å². The van der Waals surface area contributed by atoms with Crippen LogP contribution in [-0.4, -0.2) is 39.0 Å². The Morgan fingerprint density at radius 2 is 1.94 bits per heavy atom. The summed E-state index contributed by atoms with van der Waals surface area (Å²) in [6, 6.07) is 16.6. The number of piperidine rings is 1. The van der Waals surface area contributed by atoms with Gasteiger partial charge in [-0.05, 0) is 84.9 Å². The van der Waals surface area contributed by atoms with E-state index in [9.17, 15) is 5.11 Å². The lowest BCUT2D eigenvalue weighted by atomic mass is 9.89. The number of likely N-dealkylation sites (tertiary alicyclic amines) is 1. The van der Waals surface area contributed by atoms with Crippen molar-refractivity contribution in [1.82, 2.24) is 14.2 Å². The number of hydrogen-bond acceptors (Lipinski definition) is 4. The van der Waals surface area contributed by atoms with E-state index in [0.29, 0.717) is 12.3 Å². The van der Waals surface area contributed by atoms with E-state index in [-0.39, 0.29) is 5.11 Å². The molecule has 0 aliphatic carbocycles. The molecule has 0 spiro atoms. The minimum absolute atomic E-state index is 0.286. The summed E-state index contributed by atoms with van der Waals surface area (Å²) in [5, 5.41) is 12.9. The Morgan fingerprint density at radius 1 is 1.19 bits per heavy atom. The smallest absolute Gasteiger partial charge is 0.173 e. The molecule has 2 aromatic carbocycles. The number of aromatic nitrogens is 1. The first kappa shape index (κ1) is 22.4. The molecule has 0 amide bonds. The average molecular weight is 475 g/mol. The molecule has 1 saturated heterocycles. The molecule has 5 nitrogen and oxygen atoms in total. The van der Waals surface area contributed by atoms with Crippen molar-refractivity contribution in [3.8, 4) is 0 Å². The zero-order valence-electron chi connectivity index (χ0n) is 17.2. The maximum Gasteiger partial charge on any atom is 0.173 e. The molecular formula is C23H27ClN4OS2. The van der Waals surface area contributed by atoms with Crippen molar-refractivity contribution in [2.75, 3.05) is 13.1 Å². The molecule has 3 aromatic rings. The van der Waals surface area contributed by atoms with Crippen LogP contribution in [0.25, 0.3) is 10.9 Å². The van der Waals surface area contributed by atoms with Crippen LogP contribution in [0.3, 0.4) is 0 Å². The molecule has 1 atom stereocenters. The molecule has 0 saturated carbocycles. The summed E-state index contributed by atoms with van der Waals surface area (Å²) in [4.78, 5) is 3.29. The number of rotatable bonds is 7. The summed E-state index contributed by atoms with van der Waals surface area (Å²) in [6.07, 6.45) is 4.46. The quantitative estimate of drug-likeness (QED) is 0.340. The lowest BCUT2D eigenvalue weighted by Crippen LogP contribution is -2.41. The van der Waals surface area contributed by atoms with Gasteiger partial charge in [-0.2, -0.15) is 0 Å². The molecule has 0 radical (unpaired) electrons. The number of benzene rings is 2. The Bertz CT molecular complexity index is 1030. The fourth-order valence-electron chi connectivity index (χ4n) is 4.25. The fourth-order valence-corrected chi connectivity index (χ4v) is 5.05. The monoisotopic (exact) mass is 474 g/mol. The molecular weight excluding hydrogens is 448 g/mol. The number of nitrogens with zero attached hydrogens (tertiary/aromatic N) is 2. The number of hydrogen-bond donors (Lipinski definition) is 3. The van der Waals surface area contributed by atoms with Crippen LogP contribution in [0.5, 0.6) is 0 Å². The number of aryl methyl sites for hydroxylation is 1. The molecule has 1 fully saturated rings. The van der Waals surface area contributed by atoms with Gasteiger partial charge in [0.25, 0.3) is 0 Å². The average Bonchev–Trinajstić information content (AvgIpc) is 3.18. The highest BCUT2D eigenvalue weighted by atomic mass is 35.5. The van der Waals surface area contributed by atoms with Gasteiger partial charge in [-0.15, -0.1) is 0 Å². The number of aliphatic hydroxyl groups excluding tert-OH is 1. The fraction of sp³-hybridized carbons (Fsp3) is 0.348. The van der Waals surface area contributed by atoms with Gasteiger partial charge < -0.3 is 20.1 Å². The van der Waals surface area contributed by atoms with E-state index in [1.165, 1.54) is 17.5 Å². The molecule has 2 heterocycles. The standard InChI is InChI=1S/C23H27ClN4OS2/c24-19-3-6-21-18(15-19)9-11-27(21)14-10-22(29)28-12-7-17(8-13-28)16-1-4-20(5-2-16)31-26-23(25)30/h1-6,9,11,15,17,22,29H,7-8,10,12-14H2,(H3,25,26,30). The molecule has 1 unspecified atom stereocenters. The molecule has 0 bridgehead atoms. The summed E-state index contributed by atoms with van der Waals surface area (Å²) in [6.45, 7) is 2.60. The Labute approximate surface area is 197 Å². The van der Waals surface area contributed by atoms with Crippen molar-refractivity contribution in [3.63, 3.8) is 0 Å². The van der Waals surface area contributed by atoms with Crippen LogP contribution in [0.4, 0.5) is 0 Å². The van der Waals surface area contributed by atoms with Crippen LogP contribution < -0.4 is 10.5 Å². The normalized spacial score (nSPS) is 16.5. The van der Waals surface area contributed by atoms with E-state index >= 15 is 0 Å². The second kappa shape index (κ2) is 10.2. The molecule has 1 aliphatic rings. The number of halogens is 1. The van der Waals surface area contributed by atoms with Crippen LogP contribution in [0.1, 0.15) is 30.7 Å².